The van der Waals surface area contributed by atoms with Crippen LogP contribution in [0.25, 0.3) is 0 Å². The Hall–Kier alpha value is -0.300. The molecule has 0 radical (unpaired) electrons. The second-order valence-corrected chi connectivity index (χ2v) is 4.63. The smallest absolute Gasteiger partial charge is 0.0543 e. The van der Waals surface area contributed by atoms with Gasteiger partial charge in [0.25, 0.3) is 0 Å². The van der Waals surface area contributed by atoms with E-state index in [-0.39, 0.29) is 6.10 Å². The average molecular weight is 180 g/mol. The highest BCUT2D eigenvalue weighted by atomic mass is 16.3. The molecule has 0 bridgehead atoms. The number of hydrogen-bond acceptors (Lipinski definition) is 1. The van der Waals surface area contributed by atoms with Crippen molar-refractivity contribution in [1.82, 2.24) is 0 Å². The molecule has 1 N–H and O–H groups in total. The zero-order valence-electron chi connectivity index (χ0n) is 8.28. The van der Waals surface area contributed by atoms with Crippen molar-refractivity contribution >= 4 is 0 Å². The van der Waals surface area contributed by atoms with Gasteiger partial charge >= 0.3 is 0 Å². The molecule has 0 aromatic carbocycles. The minimum absolute atomic E-state index is 0.00431. The van der Waals surface area contributed by atoms with Gasteiger partial charge in [-0.3, -0.25) is 0 Å². The molecule has 0 aromatic heterocycles. The molecule has 3 atom stereocenters. The molecule has 2 rings (SSSR count). The van der Waals surface area contributed by atoms with Gasteiger partial charge in [0.1, 0.15) is 0 Å². The summed E-state index contributed by atoms with van der Waals surface area (Å²) in [7, 11) is 0. The Balaban J connectivity index is 1.88. The van der Waals surface area contributed by atoms with E-state index < -0.39 is 0 Å². The van der Waals surface area contributed by atoms with Crippen LogP contribution in [-0.4, -0.2) is 11.2 Å². The van der Waals surface area contributed by atoms with E-state index in [1.165, 1.54) is 32.1 Å². The molecule has 74 valence electrons. The topological polar surface area (TPSA) is 20.2 Å². The first-order valence-electron chi connectivity index (χ1n) is 5.69. The lowest BCUT2D eigenvalue weighted by Gasteiger charge is -2.33. The highest BCUT2D eigenvalue weighted by Crippen LogP contribution is 2.36. The molecule has 13 heavy (non-hydrogen) atoms. The molecule has 0 amide bonds. The Morgan fingerprint density at radius 2 is 1.92 bits per heavy atom. The summed E-state index contributed by atoms with van der Waals surface area (Å²) in [4.78, 5) is 0. The van der Waals surface area contributed by atoms with Crippen LogP contribution in [0.1, 0.15) is 44.9 Å². The predicted molar refractivity (Wildman–Crippen MR) is 54.4 cm³/mol. The molecule has 2 aliphatic rings. The standard InChI is InChI=1S/C12H20O/c13-12-8-4-7-11(9-12)10-5-2-1-3-6-10/h1-2,10-13H,3-9H2. The van der Waals surface area contributed by atoms with Gasteiger partial charge in [-0.25, -0.2) is 0 Å². The van der Waals surface area contributed by atoms with Crippen LogP contribution < -0.4 is 0 Å². The second kappa shape index (κ2) is 4.28. The monoisotopic (exact) mass is 180 g/mol. The quantitative estimate of drug-likeness (QED) is 0.615. The highest BCUT2D eigenvalue weighted by Gasteiger charge is 2.27. The van der Waals surface area contributed by atoms with Gasteiger partial charge < -0.3 is 5.11 Å². The maximum Gasteiger partial charge on any atom is 0.0543 e. The molecule has 0 saturated heterocycles. The zero-order chi connectivity index (χ0) is 9.10. The van der Waals surface area contributed by atoms with E-state index >= 15 is 0 Å². The SMILES string of the molecule is OC1CCCC(C2CC=CCC2)C1. The van der Waals surface area contributed by atoms with Crippen LogP contribution in [0.15, 0.2) is 12.2 Å². The van der Waals surface area contributed by atoms with Crippen molar-refractivity contribution in [3.05, 3.63) is 12.2 Å². The molecule has 3 unspecified atom stereocenters. The van der Waals surface area contributed by atoms with Gasteiger partial charge in [0.15, 0.2) is 0 Å². The van der Waals surface area contributed by atoms with Crippen LogP contribution in [-0.2, 0) is 0 Å². The fourth-order valence-electron chi connectivity index (χ4n) is 2.87. The zero-order valence-corrected chi connectivity index (χ0v) is 8.28. The van der Waals surface area contributed by atoms with Crippen LogP contribution in [0.5, 0.6) is 0 Å². The van der Waals surface area contributed by atoms with Crippen molar-refractivity contribution in [3.63, 3.8) is 0 Å². The normalized spacial score (nSPS) is 40.5. The molecule has 1 fully saturated rings. The first-order chi connectivity index (χ1) is 6.36. The minimum atomic E-state index is 0.00431. The fourth-order valence-corrected chi connectivity index (χ4v) is 2.87. The van der Waals surface area contributed by atoms with E-state index in [9.17, 15) is 5.11 Å². The van der Waals surface area contributed by atoms with Crippen molar-refractivity contribution in [2.45, 2.75) is 51.0 Å². The second-order valence-electron chi connectivity index (χ2n) is 4.63. The summed E-state index contributed by atoms with van der Waals surface area (Å²) in [5.74, 6) is 1.69. The summed E-state index contributed by atoms with van der Waals surface area (Å²) in [5.41, 5.74) is 0. The lowest BCUT2D eigenvalue weighted by Crippen LogP contribution is -2.26. The third-order valence-electron chi connectivity index (χ3n) is 3.66. The molecule has 1 saturated carbocycles. The number of rotatable bonds is 1. The van der Waals surface area contributed by atoms with E-state index in [4.69, 9.17) is 0 Å². The molecular weight excluding hydrogens is 160 g/mol. The van der Waals surface area contributed by atoms with Gasteiger partial charge in [-0.2, -0.15) is 0 Å². The highest BCUT2D eigenvalue weighted by molar-refractivity contribution is 4.93. The van der Waals surface area contributed by atoms with E-state index in [1.807, 2.05) is 0 Å². The Labute approximate surface area is 80.8 Å². The van der Waals surface area contributed by atoms with E-state index in [2.05, 4.69) is 12.2 Å². The van der Waals surface area contributed by atoms with Gasteiger partial charge in [0.05, 0.1) is 6.10 Å². The number of aliphatic hydroxyl groups excluding tert-OH is 1. The summed E-state index contributed by atoms with van der Waals surface area (Å²) in [6.07, 6.45) is 13.2. The summed E-state index contributed by atoms with van der Waals surface area (Å²) < 4.78 is 0. The molecule has 0 spiro atoms. The van der Waals surface area contributed by atoms with Gasteiger partial charge in [-0.1, -0.05) is 18.6 Å². The molecule has 1 nitrogen and oxygen atoms in total. The van der Waals surface area contributed by atoms with E-state index in [0.717, 1.165) is 24.7 Å². The Bertz CT molecular complexity index is 186. The first kappa shape index (κ1) is 9.26. The predicted octanol–water partition coefficient (Wildman–Crippen LogP) is 2.89. The molecule has 1 heteroatoms. The van der Waals surface area contributed by atoms with Crippen LogP contribution in [0, 0.1) is 11.8 Å². The van der Waals surface area contributed by atoms with E-state index in [0.29, 0.717) is 0 Å². The van der Waals surface area contributed by atoms with Crippen LogP contribution in [0.2, 0.25) is 0 Å². The van der Waals surface area contributed by atoms with Gasteiger partial charge in [-0.15, -0.1) is 0 Å². The van der Waals surface area contributed by atoms with E-state index in [1.54, 1.807) is 0 Å². The maximum absolute atomic E-state index is 9.59. The molecule has 2 aliphatic carbocycles. The third-order valence-corrected chi connectivity index (χ3v) is 3.66. The largest absolute Gasteiger partial charge is 0.393 e. The molecule has 0 aliphatic heterocycles. The van der Waals surface area contributed by atoms with Gasteiger partial charge in [0, 0.05) is 0 Å². The molecule has 0 heterocycles. The van der Waals surface area contributed by atoms with Crippen molar-refractivity contribution in [2.75, 3.05) is 0 Å². The van der Waals surface area contributed by atoms with Gasteiger partial charge in [0.2, 0.25) is 0 Å². The summed E-state index contributed by atoms with van der Waals surface area (Å²) in [6.45, 7) is 0. The lowest BCUT2D eigenvalue weighted by molar-refractivity contribution is 0.0771. The molecular formula is C12H20O. The Kier molecular flexibility index (Phi) is 3.05. The van der Waals surface area contributed by atoms with Crippen LogP contribution >= 0.6 is 0 Å². The van der Waals surface area contributed by atoms with Crippen molar-refractivity contribution in [1.29, 1.82) is 0 Å². The van der Waals surface area contributed by atoms with Crippen LogP contribution in [0.3, 0.4) is 0 Å². The van der Waals surface area contributed by atoms with Crippen molar-refractivity contribution in [3.8, 4) is 0 Å². The maximum atomic E-state index is 9.59. The van der Waals surface area contributed by atoms with Crippen molar-refractivity contribution in [2.24, 2.45) is 11.8 Å². The summed E-state index contributed by atoms with van der Waals surface area (Å²) in [6, 6.07) is 0. The number of allylic oxidation sites excluding steroid dienone is 2. The minimum Gasteiger partial charge on any atom is -0.393 e. The van der Waals surface area contributed by atoms with Crippen LogP contribution in [0.4, 0.5) is 0 Å². The van der Waals surface area contributed by atoms with Gasteiger partial charge in [-0.05, 0) is 50.4 Å². The number of hydrogen-bond donors (Lipinski definition) is 1. The Morgan fingerprint density at radius 3 is 2.62 bits per heavy atom. The lowest BCUT2D eigenvalue weighted by atomic mass is 9.74. The average Bonchev–Trinajstić information content (AvgIpc) is 2.19. The Morgan fingerprint density at radius 1 is 1.00 bits per heavy atom. The van der Waals surface area contributed by atoms with Crippen molar-refractivity contribution < 1.29 is 5.11 Å². The molecule has 0 aromatic rings. The first-order valence-corrected chi connectivity index (χ1v) is 5.69. The summed E-state index contributed by atoms with van der Waals surface area (Å²) >= 11 is 0. The number of aliphatic hydroxyl groups is 1. The fraction of sp³-hybridized carbons (Fsp3) is 0.833. The summed E-state index contributed by atoms with van der Waals surface area (Å²) in [5, 5.41) is 9.59. The third kappa shape index (κ3) is 2.34.